The minimum atomic E-state index is -0.302. The van der Waals surface area contributed by atoms with Crippen LogP contribution in [-0.4, -0.2) is 66.9 Å². The Labute approximate surface area is 198 Å². The van der Waals surface area contributed by atoms with Gasteiger partial charge in [-0.3, -0.25) is 9.59 Å². The molecule has 8 heteroatoms. The lowest BCUT2D eigenvalue weighted by molar-refractivity contribution is -0.131. The van der Waals surface area contributed by atoms with Crippen LogP contribution in [0.25, 0.3) is 15.7 Å². The third-order valence-corrected chi connectivity index (χ3v) is 7.25. The molecule has 1 aromatic heterocycles. The zero-order chi connectivity index (χ0) is 23.7. The Balaban J connectivity index is 1.62. The largest absolute Gasteiger partial charge is 0.344 e. The number of thiophene rings is 1. The van der Waals surface area contributed by atoms with Crippen LogP contribution in [0.1, 0.15) is 53.4 Å². The first kappa shape index (κ1) is 23.4. The van der Waals surface area contributed by atoms with Crippen molar-refractivity contribution >= 4 is 38.8 Å². The molecular weight excluding hydrogens is 439 g/mol. The van der Waals surface area contributed by atoms with E-state index >= 15 is 4.39 Å². The number of halogens is 1. The van der Waals surface area contributed by atoms with Gasteiger partial charge in [-0.1, -0.05) is 26.0 Å². The van der Waals surface area contributed by atoms with E-state index in [9.17, 15) is 9.59 Å². The first-order valence-electron chi connectivity index (χ1n) is 11.4. The van der Waals surface area contributed by atoms with Gasteiger partial charge in [0.1, 0.15) is 5.82 Å². The van der Waals surface area contributed by atoms with Gasteiger partial charge in [-0.05, 0) is 41.0 Å². The summed E-state index contributed by atoms with van der Waals surface area (Å²) in [5, 5.41) is 2.72. The molecule has 3 heterocycles. The number of rotatable bonds is 6. The predicted molar refractivity (Wildman–Crippen MR) is 132 cm³/mol. The maximum atomic E-state index is 15.8. The molecule has 0 aliphatic carbocycles. The molecule has 0 unspecified atom stereocenters. The number of hydrogen-bond acceptors (Lipinski definition) is 5. The molecule has 2 aliphatic rings. The first-order chi connectivity index (χ1) is 15.8. The fourth-order valence-corrected chi connectivity index (χ4v) is 5.46. The molecule has 0 saturated heterocycles. The van der Waals surface area contributed by atoms with Gasteiger partial charge in [0.2, 0.25) is 5.91 Å². The molecule has 0 fully saturated rings. The summed E-state index contributed by atoms with van der Waals surface area (Å²) in [4.78, 5) is 29.2. The van der Waals surface area contributed by atoms with Crippen LogP contribution < -0.4 is 5.43 Å². The summed E-state index contributed by atoms with van der Waals surface area (Å²) in [5.41, 5.74) is 5.57. The smallest absolute Gasteiger partial charge is 0.263 e. The monoisotopic (exact) mass is 470 g/mol. The standard InChI is InChI=1S/C25H31FN4O2S/c1-16(2)18-13-19(23(26)24-20(18)14-21(33-24)25(32)28(3)4)17-7-5-10-29(15-17)22(31)8-12-30-11-6-9-27-30/h6-7,11,13-14,16,27H,5,8-10,12,15H2,1-4H3. The van der Waals surface area contributed by atoms with Crippen molar-refractivity contribution in [2.75, 3.05) is 40.3 Å². The van der Waals surface area contributed by atoms with Crippen LogP contribution in [0.5, 0.6) is 0 Å². The quantitative estimate of drug-likeness (QED) is 0.687. The van der Waals surface area contributed by atoms with E-state index in [2.05, 4.69) is 19.3 Å². The Hall–Kier alpha value is -2.71. The first-order valence-corrected chi connectivity index (χ1v) is 12.2. The van der Waals surface area contributed by atoms with Crippen molar-refractivity contribution in [3.8, 4) is 0 Å². The van der Waals surface area contributed by atoms with Crippen molar-refractivity contribution in [3.05, 3.63) is 52.3 Å². The van der Waals surface area contributed by atoms with E-state index in [0.717, 1.165) is 23.1 Å². The lowest BCUT2D eigenvalue weighted by atomic mass is 9.92. The van der Waals surface area contributed by atoms with Crippen LogP contribution in [0.2, 0.25) is 0 Å². The average molecular weight is 471 g/mol. The number of nitrogens with zero attached hydrogens (tertiary/aromatic N) is 3. The second kappa shape index (κ2) is 9.65. The van der Waals surface area contributed by atoms with Crippen molar-refractivity contribution in [3.63, 3.8) is 0 Å². The van der Waals surface area contributed by atoms with Crippen molar-refractivity contribution in [1.82, 2.24) is 20.2 Å². The Kier molecular flexibility index (Phi) is 6.86. The van der Waals surface area contributed by atoms with Gasteiger partial charge in [0.25, 0.3) is 5.91 Å². The predicted octanol–water partition coefficient (Wildman–Crippen LogP) is 4.21. The lowest BCUT2D eigenvalue weighted by Crippen LogP contribution is -2.38. The average Bonchev–Trinajstić information content (AvgIpc) is 3.47. The third kappa shape index (κ3) is 4.82. The van der Waals surface area contributed by atoms with Gasteiger partial charge in [0.15, 0.2) is 0 Å². The Morgan fingerprint density at radius 1 is 1.27 bits per heavy atom. The molecule has 2 amide bonds. The summed E-state index contributed by atoms with van der Waals surface area (Å²) in [5.74, 6) is -0.179. The highest BCUT2D eigenvalue weighted by atomic mass is 32.1. The molecule has 4 rings (SSSR count). The maximum absolute atomic E-state index is 15.8. The molecule has 2 aromatic rings. The zero-order valence-electron chi connectivity index (χ0n) is 19.7. The highest BCUT2D eigenvalue weighted by Gasteiger charge is 2.25. The summed E-state index contributed by atoms with van der Waals surface area (Å²) >= 11 is 1.21. The van der Waals surface area contributed by atoms with Gasteiger partial charge in [0, 0.05) is 58.5 Å². The van der Waals surface area contributed by atoms with Crippen LogP contribution in [0.4, 0.5) is 4.39 Å². The van der Waals surface area contributed by atoms with Gasteiger partial charge in [-0.2, -0.15) is 0 Å². The number of carbonyl (C=O) groups excluding carboxylic acids is 2. The summed E-state index contributed by atoms with van der Waals surface area (Å²) in [6, 6.07) is 3.73. The van der Waals surface area contributed by atoms with Crippen LogP contribution in [-0.2, 0) is 4.79 Å². The molecule has 1 aromatic carbocycles. The van der Waals surface area contributed by atoms with Gasteiger partial charge in [-0.25, -0.2) is 9.82 Å². The molecule has 1 N–H and O–H groups in total. The van der Waals surface area contributed by atoms with E-state index in [-0.39, 0.29) is 23.5 Å². The summed E-state index contributed by atoms with van der Waals surface area (Å²) in [6.45, 7) is 6.60. The number of amides is 2. The van der Waals surface area contributed by atoms with Gasteiger partial charge in [0.05, 0.1) is 9.58 Å². The number of nitrogens with one attached hydrogen (secondary N) is 1. The van der Waals surface area contributed by atoms with Crippen molar-refractivity contribution in [1.29, 1.82) is 0 Å². The Morgan fingerprint density at radius 2 is 2.06 bits per heavy atom. The molecule has 0 spiro atoms. The molecule has 0 radical (unpaired) electrons. The fourth-order valence-electron chi connectivity index (χ4n) is 4.31. The topological polar surface area (TPSA) is 55.9 Å². The summed E-state index contributed by atoms with van der Waals surface area (Å²) in [6.07, 6.45) is 7.11. The minimum Gasteiger partial charge on any atom is -0.344 e. The van der Waals surface area contributed by atoms with E-state index in [1.807, 2.05) is 40.4 Å². The zero-order valence-corrected chi connectivity index (χ0v) is 20.5. The van der Waals surface area contributed by atoms with E-state index in [0.29, 0.717) is 47.6 Å². The highest BCUT2D eigenvalue weighted by Crippen LogP contribution is 2.39. The second-order valence-corrected chi connectivity index (χ2v) is 10.1. The van der Waals surface area contributed by atoms with Crippen LogP contribution in [0, 0.1) is 5.82 Å². The van der Waals surface area contributed by atoms with Crippen molar-refractivity contribution < 1.29 is 14.0 Å². The second-order valence-electron chi connectivity index (χ2n) is 9.06. The van der Waals surface area contributed by atoms with Gasteiger partial charge in [-0.15, -0.1) is 11.3 Å². The molecular formula is C25H31FN4O2S. The van der Waals surface area contributed by atoms with Crippen LogP contribution in [0.3, 0.4) is 0 Å². The summed E-state index contributed by atoms with van der Waals surface area (Å²) < 4.78 is 16.3. The number of benzene rings is 1. The number of fused-ring (bicyclic) bond motifs is 1. The van der Waals surface area contributed by atoms with Gasteiger partial charge >= 0.3 is 0 Å². The lowest BCUT2D eigenvalue weighted by Gasteiger charge is -2.29. The SMILES string of the molecule is CC(C)c1cc(C2=CCCN(C(=O)CCN3C=CCN3)C2)c(F)c2sc(C(=O)N(C)C)cc12. The molecule has 6 nitrogen and oxygen atoms in total. The van der Waals surface area contributed by atoms with Gasteiger partial charge < -0.3 is 14.8 Å². The normalized spacial score (nSPS) is 16.1. The van der Waals surface area contributed by atoms with Crippen molar-refractivity contribution in [2.45, 2.75) is 32.6 Å². The molecule has 176 valence electrons. The fraction of sp³-hybridized carbons (Fsp3) is 0.440. The molecule has 33 heavy (non-hydrogen) atoms. The maximum Gasteiger partial charge on any atom is 0.263 e. The van der Waals surface area contributed by atoms with E-state index < -0.39 is 0 Å². The molecule has 0 saturated carbocycles. The summed E-state index contributed by atoms with van der Waals surface area (Å²) in [7, 11) is 3.40. The van der Waals surface area contributed by atoms with E-state index in [1.165, 1.54) is 16.2 Å². The number of hydrazine groups is 1. The van der Waals surface area contributed by atoms with E-state index in [1.54, 1.807) is 14.1 Å². The molecule has 0 bridgehead atoms. The number of carbonyl (C=O) groups is 2. The Bertz CT molecular complexity index is 1140. The highest BCUT2D eigenvalue weighted by molar-refractivity contribution is 7.20. The number of hydrogen-bond donors (Lipinski definition) is 1. The van der Waals surface area contributed by atoms with Crippen LogP contribution in [0.15, 0.2) is 30.5 Å². The molecule has 2 aliphatic heterocycles. The van der Waals surface area contributed by atoms with Crippen LogP contribution >= 0.6 is 11.3 Å². The third-order valence-electron chi connectivity index (χ3n) is 6.13. The Morgan fingerprint density at radius 3 is 2.73 bits per heavy atom. The van der Waals surface area contributed by atoms with E-state index in [4.69, 9.17) is 0 Å². The van der Waals surface area contributed by atoms with Crippen molar-refractivity contribution in [2.24, 2.45) is 0 Å². The minimum absolute atomic E-state index is 0.0725. The molecule has 0 atom stereocenters.